The van der Waals surface area contributed by atoms with Crippen molar-refractivity contribution in [3.05, 3.63) is 42.5 Å². The molecule has 23 heavy (non-hydrogen) atoms. The molecule has 3 aromatic heterocycles. The Morgan fingerprint density at radius 3 is 2.74 bits per heavy atom. The van der Waals surface area contributed by atoms with Gasteiger partial charge in [-0.1, -0.05) is 19.1 Å². The smallest absolute Gasteiger partial charge is 0.198 e. The summed E-state index contributed by atoms with van der Waals surface area (Å²) in [7, 11) is 0. The summed E-state index contributed by atoms with van der Waals surface area (Å²) in [6.45, 7) is 8.70. The Kier molecular flexibility index (Phi) is 4.82. The number of pyridine rings is 1. The summed E-state index contributed by atoms with van der Waals surface area (Å²) >= 11 is 2.88. The second kappa shape index (κ2) is 7.01. The molecule has 0 aromatic carbocycles. The lowest BCUT2D eigenvalue weighted by atomic mass is 10.2. The minimum Gasteiger partial charge on any atom is -0.298 e. The Labute approximate surface area is 142 Å². The van der Waals surface area contributed by atoms with Crippen molar-refractivity contribution in [2.75, 3.05) is 0 Å². The topological polar surface area (TPSA) is 69.4 Å². The van der Waals surface area contributed by atoms with E-state index < -0.39 is 0 Å². The van der Waals surface area contributed by atoms with E-state index in [1.54, 1.807) is 12.4 Å². The molecular weight excluding hydrogens is 328 g/mol. The number of hydrogen-bond acceptors (Lipinski definition) is 7. The van der Waals surface area contributed by atoms with Crippen LogP contribution >= 0.6 is 23.3 Å². The fourth-order valence-electron chi connectivity index (χ4n) is 1.99. The van der Waals surface area contributed by atoms with Crippen LogP contribution in [0.4, 0.5) is 0 Å². The molecule has 0 fully saturated rings. The van der Waals surface area contributed by atoms with E-state index in [0.717, 1.165) is 38.7 Å². The van der Waals surface area contributed by atoms with Gasteiger partial charge in [0.15, 0.2) is 15.3 Å². The second-order valence-corrected chi connectivity index (χ2v) is 6.98. The standard InChI is InChI=1S/C15H16N6S2/c1-4-12-17-15(23-20-12)22-14-19-18-13(21(14)9-10(2)3)11-5-7-16-8-6-11/h5-8H,2,4,9H2,1,3H3. The summed E-state index contributed by atoms with van der Waals surface area (Å²) in [4.78, 5) is 8.53. The number of hydrogen-bond donors (Lipinski definition) is 0. The van der Waals surface area contributed by atoms with Gasteiger partial charge in [-0.05, 0) is 42.4 Å². The fourth-order valence-corrected chi connectivity index (χ4v) is 3.63. The van der Waals surface area contributed by atoms with Crippen molar-refractivity contribution in [3.8, 4) is 11.4 Å². The zero-order valence-corrected chi connectivity index (χ0v) is 14.6. The number of allylic oxidation sites excluding steroid dienone is 1. The maximum Gasteiger partial charge on any atom is 0.198 e. The summed E-state index contributed by atoms with van der Waals surface area (Å²) in [6, 6.07) is 3.85. The Bertz CT molecular complexity index is 808. The highest BCUT2D eigenvalue weighted by atomic mass is 32.2. The van der Waals surface area contributed by atoms with E-state index in [9.17, 15) is 0 Å². The fraction of sp³-hybridized carbons (Fsp3) is 0.267. The maximum absolute atomic E-state index is 4.48. The summed E-state index contributed by atoms with van der Waals surface area (Å²) in [6.07, 6.45) is 4.33. The Balaban J connectivity index is 1.96. The van der Waals surface area contributed by atoms with Crippen LogP contribution in [0.15, 0.2) is 46.2 Å². The van der Waals surface area contributed by atoms with E-state index in [1.165, 1.54) is 23.3 Å². The Morgan fingerprint density at radius 2 is 2.09 bits per heavy atom. The molecule has 0 saturated carbocycles. The van der Waals surface area contributed by atoms with Crippen molar-refractivity contribution in [3.63, 3.8) is 0 Å². The first kappa shape index (κ1) is 15.8. The lowest BCUT2D eigenvalue weighted by Crippen LogP contribution is -2.03. The zero-order valence-electron chi connectivity index (χ0n) is 12.9. The van der Waals surface area contributed by atoms with Crippen LogP contribution in [0.1, 0.15) is 19.7 Å². The van der Waals surface area contributed by atoms with E-state index in [-0.39, 0.29) is 0 Å². The molecule has 0 unspecified atom stereocenters. The predicted molar refractivity (Wildman–Crippen MR) is 91.5 cm³/mol. The molecule has 0 spiro atoms. The van der Waals surface area contributed by atoms with E-state index in [4.69, 9.17) is 0 Å². The highest BCUT2D eigenvalue weighted by Gasteiger charge is 2.16. The molecule has 0 bridgehead atoms. The summed E-state index contributed by atoms with van der Waals surface area (Å²) < 4.78 is 7.24. The van der Waals surface area contributed by atoms with Crippen LogP contribution in [0.25, 0.3) is 11.4 Å². The summed E-state index contributed by atoms with van der Waals surface area (Å²) in [5, 5.41) is 9.46. The maximum atomic E-state index is 4.48. The normalized spacial score (nSPS) is 10.9. The van der Waals surface area contributed by atoms with Crippen LogP contribution in [-0.2, 0) is 13.0 Å². The van der Waals surface area contributed by atoms with Crippen LogP contribution in [0.2, 0.25) is 0 Å². The van der Waals surface area contributed by atoms with Gasteiger partial charge in [0.05, 0.1) is 0 Å². The lowest BCUT2D eigenvalue weighted by Gasteiger charge is -2.09. The lowest BCUT2D eigenvalue weighted by molar-refractivity contribution is 0.706. The van der Waals surface area contributed by atoms with E-state index in [1.807, 2.05) is 26.0 Å². The summed E-state index contributed by atoms with van der Waals surface area (Å²) in [5.41, 5.74) is 2.01. The van der Waals surface area contributed by atoms with Crippen molar-refractivity contribution in [2.45, 2.75) is 36.3 Å². The van der Waals surface area contributed by atoms with Crippen LogP contribution in [0, 0.1) is 0 Å². The van der Waals surface area contributed by atoms with Crippen LogP contribution < -0.4 is 0 Å². The van der Waals surface area contributed by atoms with Gasteiger partial charge in [-0.3, -0.25) is 9.55 Å². The molecule has 0 radical (unpaired) electrons. The molecule has 0 aliphatic carbocycles. The van der Waals surface area contributed by atoms with Gasteiger partial charge in [-0.15, -0.1) is 10.2 Å². The predicted octanol–water partition coefficient (Wildman–Crippen LogP) is 3.48. The number of aromatic nitrogens is 6. The first-order valence-electron chi connectivity index (χ1n) is 7.15. The van der Waals surface area contributed by atoms with Crippen molar-refractivity contribution >= 4 is 23.3 Å². The first-order valence-corrected chi connectivity index (χ1v) is 8.74. The Hall–Kier alpha value is -2.06. The van der Waals surface area contributed by atoms with E-state index in [2.05, 4.69) is 35.7 Å². The molecule has 0 aliphatic heterocycles. The van der Waals surface area contributed by atoms with Gasteiger partial charge in [0.25, 0.3) is 0 Å². The van der Waals surface area contributed by atoms with Crippen molar-refractivity contribution < 1.29 is 0 Å². The quantitative estimate of drug-likeness (QED) is 0.638. The molecule has 0 aliphatic rings. The summed E-state index contributed by atoms with van der Waals surface area (Å²) in [5.74, 6) is 1.66. The largest absolute Gasteiger partial charge is 0.298 e. The molecule has 3 heterocycles. The van der Waals surface area contributed by atoms with E-state index >= 15 is 0 Å². The second-order valence-electron chi connectivity index (χ2n) is 5.02. The highest BCUT2D eigenvalue weighted by molar-refractivity contribution is 8.00. The van der Waals surface area contributed by atoms with Crippen molar-refractivity contribution in [1.29, 1.82) is 0 Å². The van der Waals surface area contributed by atoms with Crippen LogP contribution in [-0.4, -0.2) is 29.1 Å². The molecule has 6 nitrogen and oxygen atoms in total. The SMILES string of the molecule is C=C(C)Cn1c(Sc2nc(CC)ns2)nnc1-c1ccncc1. The highest BCUT2D eigenvalue weighted by Crippen LogP contribution is 2.31. The van der Waals surface area contributed by atoms with Gasteiger partial charge >= 0.3 is 0 Å². The average molecular weight is 344 g/mol. The number of aryl methyl sites for hydroxylation is 1. The molecule has 3 aromatic rings. The molecule has 0 saturated heterocycles. The molecule has 3 rings (SSSR count). The van der Waals surface area contributed by atoms with Crippen molar-refractivity contribution in [2.24, 2.45) is 0 Å². The van der Waals surface area contributed by atoms with Gasteiger partial charge in [0.2, 0.25) is 0 Å². The third-order valence-corrected chi connectivity index (χ3v) is 4.80. The molecule has 8 heteroatoms. The monoisotopic (exact) mass is 344 g/mol. The Morgan fingerprint density at radius 1 is 1.30 bits per heavy atom. The van der Waals surface area contributed by atoms with Crippen LogP contribution in [0.3, 0.4) is 0 Å². The molecular formula is C15H16N6S2. The number of rotatable bonds is 6. The van der Waals surface area contributed by atoms with Crippen molar-refractivity contribution in [1.82, 2.24) is 29.1 Å². The third kappa shape index (κ3) is 3.65. The van der Waals surface area contributed by atoms with Crippen LogP contribution in [0.5, 0.6) is 0 Å². The average Bonchev–Trinajstić information content (AvgIpc) is 3.16. The van der Waals surface area contributed by atoms with Gasteiger partial charge in [-0.25, -0.2) is 4.98 Å². The molecule has 118 valence electrons. The molecule has 0 N–H and O–H groups in total. The molecule has 0 atom stereocenters. The minimum atomic E-state index is 0.659. The molecule has 0 amide bonds. The zero-order chi connectivity index (χ0) is 16.2. The van der Waals surface area contributed by atoms with Gasteiger partial charge in [-0.2, -0.15) is 4.37 Å². The first-order chi connectivity index (χ1) is 11.2. The third-order valence-electron chi connectivity index (χ3n) is 3.03. The van der Waals surface area contributed by atoms with E-state index in [0.29, 0.717) is 6.54 Å². The minimum absolute atomic E-state index is 0.659. The van der Waals surface area contributed by atoms with Gasteiger partial charge < -0.3 is 0 Å². The van der Waals surface area contributed by atoms with Gasteiger partial charge in [0.1, 0.15) is 5.82 Å². The number of nitrogens with zero attached hydrogens (tertiary/aromatic N) is 6. The van der Waals surface area contributed by atoms with Gasteiger partial charge in [0, 0.05) is 30.9 Å².